The largest absolute Gasteiger partial charge is 0.400 e. The minimum atomic E-state index is -4.18. The summed E-state index contributed by atoms with van der Waals surface area (Å²) in [7, 11) is -4.18. The van der Waals surface area contributed by atoms with Crippen LogP contribution >= 0.6 is 0 Å². The van der Waals surface area contributed by atoms with Crippen molar-refractivity contribution in [3.63, 3.8) is 0 Å². The molecule has 124 valence electrons. The quantitative estimate of drug-likeness (QED) is 0.533. The minimum absolute atomic E-state index is 0.00794. The maximum Gasteiger partial charge on any atom is 0.400 e. The Balaban J connectivity index is 1.83. The second-order valence-corrected chi connectivity index (χ2v) is 6.25. The van der Waals surface area contributed by atoms with E-state index in [9.17, 15) is 18.3 Å². The first-order valence-electron chi connectivity index (χ1n) is 6.50. The third-order valence-electron chi connectivity index (χ3n) is 3.65. The van der Waals surface area contributed by atoms with Crippen LogP contribution in [0.2, 0.25) is 0 Å². The van der Waals surface area contributed by atoms with Gasteiger partial charge in [0.1, 0.15) is 12.2 Å². The minimum Gasteiger partial charge on any atom is -0.394 e. The number of ether oxygens (including phenoxy) is 1. The van der Waals surface area contributed by atoms with E-state index < -0.39 is 47.1 Å². The van der Waals surface area contributed by atoms with Gasteiger partial charge < -0.3 is 15.6 Å². The molecule has 0 saturated carbocycles. The van der Waals surface area contributed by atoms with Gasteiger partial charge in [-0.3, -0.25) is 14.3 Å². The van der Waals surface area contributed by atoms with Gasteiger partial charge in [-0.25, -0.2) is 13.4 Å². The lowest BCUT2D eigenvalue weighted by molar-refractivity contribution is -0.0543. The second kappa shape index (κ2) is 4.72. The second-order valence-electron chi connectivity index (χ2n) is 5.05. The Morgan fingerprint density at radius 3 is 2.87 bits per heavy atom. The normalized spacial score (nSPS) is 32.4. The van der Waals surface area contributed by atoms with Crippen LogP contribution in [0, 0.1) is 0 Å². The summed E-state index contributed by atoms with van der Waals surface area (Å²) in [4.78, 5) is 22.0. The van der Waals surface area contributed by atoms with Crippen LogP contribution in [0.3, 0.4) is 0 Å². The Labute approximate surface area is 128 Å². The summed E-state index contributed by atoms with van der Waals surface area (Å²) in [5.41, 5.74) is 5.08. The van der Waals surface area contributed by atoms with Gasteiger partial charge in [0.15, 0.2) is 23.5 Å². The molecule has 4 heterocycles. The van der Waals surface area contributed by atoms with Crippen molar-refractivity contribution in [2.24, 2.45) is 0 Å². The molecule has 12 nitrogen and oxygen atoms in total. The van der Waals surface area contributed by atoms with E-state index in [2.05, 4.69) is 15.0 Å². The van der Waals surface area contributed by atoms with Crippen LogP contribution in [-0.2, 0) is 23.5 Å². The molecule has 4 N–H and O–H groups in total. The van der Waals surface area contributed by atoms with Gasteiger partial charge in [0.05, 0.1) is 12.9 Å². The number of aromatic amines is 1. The zero-order valence-electron chi connectivity index (χ0n) is 11.3. The molecule has 0 spiro atoms. The first-order chi connectivity index (χ1) is 10.9. The van der Waals surface area contributed by atoms with E-state index in [4.69, 9.17) is 18.8 Å². The van der Waals surface area contributed by atoms with E-state index in [1.54, 1.807) is 0 Å². The lowest BCUT2D eigenvalue weighted by atomic mass is 10.1. The summed E-state index contributed by atoms with van der Waals surface area (Å²) in [6.07, 6.45) is -2.72. The number of aliphatic hydroxyl groups excluding tert-OH is 1. The van der Waals surface area contributed by atoms with Crippen LogP contribution < -0.4 is 11.3 Å². The highest BCUT2D eigenvalue weighted by Gasteiger charge is 2.56. The van der Waals surface area contributed by atoms with Crippen molar-refractivity contribution >= 4 is 27.5 Å². The number of fused-ring (bicyclic) bond motifs is 2. The number of aromatic nitrogens is 4. The fourth-order valence-corrected chi connectivity index (χ4v) is 3.75. The lowest BCUT2D eigenvalue weighted by Gasteiger charge is -2.17. The summed E-state index contributed by atoms with van der Waals surface area (Å²) in [6.45, 7) is -0.473. The fraction of sp³-hybridized carbons (Fsp3) is 0.500. The van der Waals surface area contributed by atoms with Gasteiger partial charge >= 0.3 is 10.4 Å². The molecule has 23 heavy (non-hydrogen) atoms. The number of rotatable bonds is 2. The number of aliphatic hydroxyl groups is 1. The Hall–Kier alpha value is -2.06. The van der Waals surface area contributed by atoms with E-state index in [0.29, 0.717) is 0 Å². The van der Waals surface area contributed by atoms with Crippen LogP contribution in [-0.4, -0.2) is 58.0 Å². The summed E-state index contributed by atoms with van der Waals surface area (Å²) in [5.74, 6) is -0.131. The number of nitrogens with two attached hydrogens (primary N) is 1. The maximum atomic E-state index is 11.8. The predicted molar refractivity (Wildman–Crippen MR) is 72.2 cm³/mol. The highest BCUT2D eigenvalue weighted by Crippen LogP contribution is 2.40. The highest BCUT2D eigenvalue weighted by atomic mass is 32.3. The molecule has 1 unspecified atom stereocenters. The Bertz CT molecular complexity index is 937. The molecule has 2 fully saturated rings. The number of nitrogen functional groups attached to an aromatic ring is 1. The Kier molecular flexibility index (Phi) is 2.98. The number of nitrogens with one attached hydrogen (secondary N) is 1. The standard InChI is InChI=1S/C10H11N5O7S/c11-10-13-7-4(8(17)14-10)12-2-15(7)9-6-5(3(1-16)20-9)21-23(18,19)22-6/h2-3,5-6,9,16H,1H2,(H3,11,13,14,17)/t3-,5+,6?,9-/m1/s1. The highest BCUT2D eigenvalue weighted by molar-refractivity contribution is 7.82. The monoisotopic (exact) mass is 345 g/mol. The third-order valence-corrected chi connectivity index (χ3v) is 4.56. The molecule has 0 aromatic carbocycles. The molecule has 0 radical (unpaired) electrons. The molecule has 13 heteroatoms. The van der Waals surface area contributed by atoms with Crippen LogP contribution in [0.4, 0.5) is 5.95 Å². The summed E-state index contributed by atoms with van der Waals surface area (Å²) >= 11 is 0. The van der Waals surface area contributed by atoms with Crippen molar-refractivity contribution in [2.75, 3.05) is 12.3 Å². The molecule has 0 amide bonds. The smallest absolute Gasteiger partial charge is 0.394 e. The van der Waals surface area contributed by atoms with E-state index in [0.717, 1.165) is 0 Å². The predicted octanol–water partition coefficient (Wildman–Crippen LogP) is -2.38. The molecule has 2 aliphatic rings. The van der Waals surface area contributed by atoms with Crippen molar-refractivity contribution in [3.8, 4) is 0 Å². The van der Waals surface area contributed by atoms with E-state index in [1.165, 1.54) is 10.9 Å². The van der Waals surface area contributed by atoms with Gasteiger partial charge in [-0.15, -0.1) is 0 Å². The van der Waals surface area contributed by atoms with Gasteiger partial charge in [-0.1, -0.05) is 0 Å². The van der Waals surface area contributed by atoms with Gasteiger partial charge in [-0.05, 0) is 0 Å². The van der Waals surface area contributed by atoms with Crippen molar-refractivity contribution < 1.29 is 26.6 Å². The van der Waals surface area contributed by atoms with Crippen molar-refractivity contribution in [2.45, 2.75) is 24.5 Å². The molecular weight excluding hydrogens is 334 g/mol. The lowest BCUT2D eigenvalue weighted by Crippen LogP contribution is -2.30. The van der Waals surface area contributed by atoms with Gasteiger partial charge in [0.2, 0.25) is 5.95 Å². The van der Waals surface area contributed by atoms with E-state index in [1.807, 2.05) is 0 Å². The molecule has 0 aliphatic carbocycles. The zero-order valence-corrected chi connectivity index (χ0v) is 12.1. The van der Waals surface area contributed by atoms with E-state index in [-0.39, 0.29) is 17.1 Å². The average Bonchev–Trinajstić information content (AvgIpc) is 3.09. The number of H-pyrrole nitrogens is 1. The van der Waals surface area contributed by atoms with Crippen molar-refractivity contribution in [3.05, 3.63) is 16.7 Å². The molecule has 4 atom stereocenters. The molecule has 2 aromatic rings. The van der Waals surface area contributed by atoms with Crippen LogP contribution in [0.15, 0.2) is 11.1 Å². The van der Waals surface area contributed by atoms with Gasteiger partial charge in [0.25, 0.3) is 5.56 Å². The molecule has 0 bridgehead atoms. The molecular formula is C10H11N5O7S. The number of hydrogen-bond donors (Lipinski definition) is 3. The topological polar surface area (TPSA) is 172 Å². The summed E-state index contributed by atoms with van der Waals surface area (Å²) in [5, 5.41) is 9.33. The number of imidazole rings is 1. The Morgan fingerprint density at radius 2 is 2.13 bits per heavy atom. The van der Waals surface area contributed by atoms with Crippen LogP contribution in [0.25, 0.3) is 11.2 Å². The maximum absolute atomic E-state index is 11.8. The number of nitrogens with zero attached hydrogens (tertiary/aromatic N) is 3. The number of hydrogen-bond acceptors (Lipinski definition) is 10. The van der Waals surface area contributed by atoms with Crippen LogP contribution in [0.5, 0.6) is 0 Å². The Morgan fingerprint density at radius 1 is 1.39 bits per heavy atom. The zero-order chi connectivity index (χ0) is 16.4. The number of anilines is 1. The molecule has 2 saturated heterocycles. The van der Waals surface area contributed by atoms with Crippen molar-refractivity contribution in [1.29, 1.82) is 0 Å². The van der Waals surface area contributed by atoms with Gasteiger partial charge in [-0.2, -0.15) is 13.4 Å². The molecule has 2 aromatic heterocycles. The summed E-state index contributed by atoms with van der Waals surface area (Å²) in [6, 6.07) is 0. The van der Waals surface area contributed by atoms with Crippen molar-refractivity contribution in [1.82, 2.24) is 19.5 Å². The summed E-state index contributed by atoms with van der Waals surface area (Å²) < 4.78 is 39.5. The fourth-order valence-electron chi connectivity index (χ4n) is 2.72. The third kappa shape index (κ3) is 2.13. The first kappa shape index (κ1) is 14.5. The SMILES string of the molecule is Nc1nc2c(ncn2[C@@H]2O[C@H](CO)[C@@H]3OS(=O)(=O)OC32)c(=O)[nH]1. The molecule has 4 rings (SSSR count). The average molecular weight is 345 g/mol. The molecule has 2 aliphatic heterocycles. The van der Waals surface area contributed by atoms with E-state index >= 15 is 0 Å². The first-order valence-corrected chi connectivity index (χ1v) is 7.83. The van der Waals surface area contributed by atoms with Crippen LogP contribution in [0.1, 0.15) is 6.23 Å². The van der Waals surface area contributed by atoms with Gasteiger partial charge in [0, 0.05) is 0 Å².